The van der Waals surface area contributed by atoms with Gasteiger partial charge in [0.2, 0.25) is 0 Å². The van der Waals surface area contributed by atoms with Crippen molar-refractivity contribution in [3.8, 4) is 0 Å². The highest BCUT2D eigenvalue weighted by atomic mass is 15.1. The summed E-state index contributed by atoms with van der Waals surface area (Å²) in [5.41, 5.74) is 16.5. The van der Waals surface area contributed by atoms with Crippen molar-refractivity contribution in [1.82, 2.24) is 10.6 Å². The van der Waals surface area contributed by atoms with E-state index in [1.165, 1.54) is 83.5 Å². The van der Waals surface area contributed by atoms with Gasteiger partial charge in [-0.15, -0.1) is 0 Å². The summed E-state index contributed by atoms with van der Waals surface area (Å²) in [6.45, 7) is 4.94. The van der Waals surface area contributed by atoms with Crippen LogP contribution in [0.4, 0.5) is 0 Å². The van der Waals surface area contributed by atoms with Crippen molar-refractivity contribution in [2.45, 2.75) is 89.9 Å². The lowest BCUT2D eigenvalue weighted by molar-refractivity contribution is 0.538. The average molecular weight is 410 g/mol. The van der Waals surface area contributed by atoms with E-state index in [0.29, 0.717) is 5.96 Å². The smallest absolute Gasteiger partial charge is 0.188 e. The van der Waals surface area contributed by atoms with E-state index in [4.69, 9.17) is 17.2 Å². The zero-order valence-corrected chi connectivity index (χ0v) is 18.6. The van der Waals surface area contributed by atoms with E-state index in [1.807, 2.05) is 0 Å². The number of rotatable bonds is 20. The van der Waals surface area contributed by atoms with E-state index in [1.54, 1.807) is 0 Å². The Bertz CT molecular complexity index is 429. The fourth-order valence-electron chi connectivity index (χ4n) is 3.28. The predicted octanol–water partition coefficient (Wildman–Crippen LogP) is 2.84. The molecule has 0 aliphatic heterocycles. The lowest BCUT2D eigenvalue weighted by Crippen LogP contribution is -2.32. The molecule has 8 N–H and O–H groups in total. The number of nitrogens with one attached hydrogen (secondary N) is 2. The number of aliphatic imine (C=N–C) groups is 2. The Morgan fingerprint density at radius 2 is 1.17 bits per heavy atom. The molecule has 0 bridgehead atoms. The summed E-state index contributed by atoms with van der Waals surface area (Å²) >= 11 is 0. The molecule has 0 amide bonds. The van der Waals surface area contributed by atoms with Crippen molar-refractivity contribution in [2.24, 2.45) is 33.1 Å². The number of hydrogen-bond donors (Lipinski definition) is 5. The topological polar surface area (TPSA) is 127 Å². The molecular weight excluding hydrogens is 362 g/mol. The Morgan fingerprint density at radius 1 is 0.655 bits per heavy atom. The first-order valence-corrected chi connectivity index (χ1v) is 12.0. The molecule has 0 heterocycles. The number of nitrogens with two attached hydrogens (primary N) is 3. The van der Waals surface area contributed by atoms with E-state index in [2.05, 4.69) is 20.6 Å². The quantitative estimate of drug-likeness (QED) is 0.120. The lowest BCUT2D eigenvalue weighted by atomic mass is 10.1. The first-order chi connectivity index (χ1) is 14.2. The molecule has 0 aromatic heterocycles. The first-order valence-electron chi connectivity index (χ1n) is 12.0. The van der Waals surface area contributed by atoms with Gasteiger partial charge in [-0.3, -0.25) is 9.98 Å². The van der Waals surface area contributed by atoms with Crippen LogP contribution in [0.1, 0.15) is 89.9 Å². The maximum Gasteiger partial charge on any atom is 0.188 e. The van der Waals surface area contributed by atoms with Crippen molar-refractivity contribution in [2.75, 3.05) is 32.7 Å². The van der Waals surface area contributed by atoms with Gasteiger partial charge >= 0.3 is 0 Å². The van der Waals surface area contributed by atoms with E-state index in [9.17, 15) is 0 Å². The minimum Gasteiger partial charge on any atom is -0.370 e. The van der Waals surface area contributed by atoms with Gasteiger partial charge in [0.05, 0.1) is 0 Å². The summed E-state index contributed by atoms with van der Waals surface area (Å²) in [6.07, 6.45) is 18.0. The molecule has 1 rings (SSSR count). The van der Waals surface area contributed by atoms with Crippen molar-refractivity contribution in [3.63, 3.8) is 0 Å². The maximum atomic E-state index is 5.85. The summed E-state index contributed by atoms with van der Waals surface area (Å²) in [7, 11) is 0. The second-order valence-corrected chi connectivity index (χ2v) is 8.40. The van der Waals surface area contributed by atoms with Crippen LogP contribution in [0.3, 0.4) is 0 Å². The van der Waals surface area contributed by atoms with Gasteiger partial charge in [0.15, 0.2) is 11.9 Å². The first kappa shape index (κ1) is 25.5. The molecule has 170 valence electrons. The van der Waals surface area contributed by atoms with E-state index in [0.717, 1.165) is 45.1 Å². The van der Waals surface area contributed by atoms with Crippen LogP contribution < -0.4 is 27.8 Å². The highest BCUT2D eigenvalue weighted by molar-refractivity contribution is 5.77. The van der Waals surface area contributed by atoms with Gasteiger partial charge in [0, 0.05) is 19.6 Å². The van der Waals surface area contributed by atoms with Crippen LogP contribution in [0.25, 0.3) is 0 Å². The Kier molecular flexibility index (Phi) is 16.3. The number of guanidine groups is 2. The van der Waals surface area contributed by atoms with Gasteiger partial charge < -0.3 is 27.8 Å². The molecule has 7 nitrogen and oxygen atoms in total. The Morgan fingerprint density at radius 3 is 1.72 bits per heavy atom. The molecule has 0 aromatic rings. The highest BCUT2D eigenvalue weighted by Crippen LogP contribution is 2.28. The van der Waals surface area contributed by atoms with Gasteiger partial charge in [-0.1, -0.05) is 51.4 Å². The van der Waals surface area contributed by atoms with Crippen LogP contribution in [-0.4, -0.2) is 44.6 Å². The molecule has 7 heteroatoms. The zero-order valence-electron chi connectivity index (χ0n) is 18.6. The van der Waals surface area contributed by atoms with E-state index < -0.39 is 0 Å². The van der Waals surface area contributed by atoms with Crippen molar-refractivity contribution >= 4 is 11.9 Å². The predicted molar refractivity (Wildman–Crippen MR) is 126 cm³/mol. The lowest BCUT2D eigenvalue weighted by Gasteiger charge is -2.06. The highest BCUT2D eigenvalue weighted by Gasteiger charge is 2.20. The van der Waals surface area contributed by atoms with Crippen molar-refractivity contribution in [3.05, 3.63) is 0 Å². The van der Waals surface area contributed by atoms with Gasteiger partial charge in [-0.2, -0.15) is 0 Å². The fraction of sp³-hybridized carbons (Fsp3) is 0.909. The van der Waals surface area contributed by atoms with Crippen LogP contribution in [0.5, 0.6) is 0 Å². The Hall–Kier alpha value is -1.50. The van der Waals surface area contributed by atoms with Crippen molar-refractivity contribution in [1.29, 1.82) is 0 Å². The number of unbranched alkanes of at least 4 members (excludes halogenated alkanes) is 10. The van der Waals surface area contributed by atoms with Crippen LogP contribution in [0, 0.1) is 5.92 Å². The summed E-state index contributed by atoms with van der Waals surface area (Å²) in [4.78, 5) is 8.37. The second-order valence-electron chi connectivity index (χ2n) is 8.40. The number of hydrogen-bond acceptors (Lipinski definition) is 3. The minimum atomic E-state index is 0.206. The summed E-state index contributed by atoms with van der Waals surface area (Å²) in [5.74, 6) is 1.65. The Balaban J connectivity index is 1.67. The van der Waals surface area contributed by atoms with Gasteiger partial charge in [-0.05, 0) is 57.5 Å². The molecule has 0 atom stereocenters. The Labute approximate surface area is 178 Å². The molecule has 1 aliphatic rings. The normalized spacial score (nSPS) is 14.1. The second kappa shape index (κ2) is 18.5. The van der Waals surface area contributed by atoms with E-state index >= 15 is 0 Å². The molecule has 1 saturated carbocycles. The molecule has 0 radical (unpaired) electrons. The largest absolute Gasteiger partial charge is 0.370 e. The standard InChI is InChI=1S/C22H47N7/c23-21(24)27-17-11-8-4-6-10-16-26-15-9-5-2-1-3-7-12-18-28-22(25)29-19-20-13-14-20/h20,26H,1-19H2,(H4,23,24,27)(H3,25,28,29). The zero-order chi connectivity index (χ0) is 21.0. The third kappa shape index (κ3) is 19.6. The maximum absolute atomic E-state index is 5.85. The van der Waals surface area contributed by atoms with Gasteiger partial charge in [0.1, 0.15) is 0 Å². The monoisotopic (exact) mass is 409 g/mol. The SMILES string of the molecule is NC(N)=NCCCCCCCNCCCCCCCCCNC(N)=NCC1CC1. The van der Waals surface area contributed by atoms with Crippen LogP contribution in [-0.2, 0) is 0 Å². The molecule has 0 saturated heterocycles. The van der Waals surface area contributed by atoms with E-state index in [-0.39, 0.29) is 5.96 Å². The molecule has 0 spiro atoms. The fourth-order valence-corrected chi connectivity index (χ4v) is 3.28. The molecule has 0 aromatic carbocycles. The van der Waals surface area contributed by atoms with Crippen LogP contribution >= 0.6 is 0 Å². The molecule has 29 heavy (non-hydrogen) atoms. The van der Waals surface area contributed by atoms with Crippen LogP contribution in [0.15, 0.2) is 9.98 Å². The van der Waals surface area contributed by atoms with Crippen molar-refractivity contribution < 1.29 is 0 Å². The molecule has 1 aliphatic carbocycles. The summed E-state index contributed by atoms with van der Waals surface area (Å²) in [6, 6.07) is 0. The average Bonchev–Trinajstić information content (AvgIpc) is 3.52. The molecule has 0 unspecified atom stereocenters. The summed E-state index contributed by atoms with van der Waals surface area (Å²) in [5, 5.41) is 6.79. The molecular formula is C22H47N7. The van der Waals surface area contributed by atoms with Crippen LogP contribution in [0.2, 0.25) is 0 Å². The number of nitrogens with zero attached hydrogens (tertiary/aromatic N) is 2. The van der Waals surface area contributed by atoms with Gasteiger partial charge in [-0.25, -0.2) is 0 Å². The molecule has 1 fully saturated rings. The minimum absolute atomic E-state index is 0.206. The third-order valence-corrected chi connectivity index (χ3v) is 5.36. The summed E-state index contributed by atoms with van der Waals surface area (Å²) < 4.78 is 0. The van der Waals surface area contributed by atoms with Gasteiger partial charge in [0.25, 0.3) is 0 Å². The third-order valence-electron chi connectivity index (χ3n) is 5.36.